The van der Waals surface area contributed by atoms with Gasteiger partial charge in [-0.1, -0.05) is 41.7 Å². The molecule has 0 bridgehead atoms. The van der Waals surface area contributed by atoms with Crippen molar-refractivity contribution in [2.45, 2.75) is 13.8 Å². The Morgan fingerprint density at radius 1 is 1.25 bits per heavy atom. The lowest BCUT2D eigenvalue weighted by Crippen LogP contribution is -2.54. The summed E-state index contributed by atoms with van der Waals surface area (Å²) in [5.74, 6) is -0.644. The van der Waals surface area contributed by atoms with Crippen LogP contribution in [0.1, 0.15) is 13.8 Å². The van der Waals surface area contributed by atoms with Crippen molar-refractivity contribution < 1.29 is 17.9 Å². The first kappa shape index (κ1) is 19.6. The predicted molar refractivity (Wildman–Crippen MR) is 95.1 cm³/mol. The van der Waals surface area contributed by atoms with Gasteiger partial charge in [0, 0.05) is 18.1 Å². The number of hydrogen-bond donors (Lipinski definition) is 0. The van der Waals surface area contributed by atoms with Crippen LogP contribution in [0.3, 0.4) is 0 Å². The Morgan fingerprint density at radius 3 is 2.38 bits per heavy atom. The molecule has 2 rings (SSSR count). The van der Waals surface area contributed by atoms with Gasteiger partial charge in [0.05, 0.1) is 22.3 Å². The van der Waals surface area contributed by atoms with Crippen LogP contribution in [-0.2, 0) is 19.7 Å². The van der Waals surface area contributed by atoms with Crippen molar-refractivity contribution >= 4 is 56.7 Å². The second kappa shape index (κ2) is 7.66. The second-order valence-corrected chi connectivity index (χ2v) is 8.56. The van der Waals surface area contributed by atoms with Crippen LogP contribution in [-0.4, -0.2) is 44.9 Å². The molecule has 0 aliphatic carbocycles. The second-order valence-electron chi connectivity index (χ2n) is 5.46. The predicted octanol–water partition coefficient (Wildman–Crippen LogP) is 3.21. The molecule has 1 atom stereocenters. The van der Waals surface area contributed by atoms with Crippen molar-refractivity contribution in [3.05, 3.63) is 27.2 Å². The molecule has 0 amide bonds. The Kier molecular flexibility index (Phi) is 6.25. The summed E-state index contributed by atoms with van der Waals surface area (Å²) >= 11 is 18.2. The van der Waals surface area contributed by atoms with E-state index in [-0.39, 0.29) is 47.9 Å². The van der Waals surface area contributed by atoms with Gasteiger partial charge in [0.1, 0.15) is 6.54 Å². The molecule has 1 aliphatic rings. The average molecular weight is 416 g/mol. The van der Waals surface area contributed by atoms with Crippen LogP contribution in [0.15, 0.2) is 12.1 Å². The molecule has 1 aromatic carbocycles. The molecule has 1 unspecified atom stereocenters. The Hall–Kier alpha value is -0.730. The van der Waals surface area contributed by atoms with Crippen molar-refractivity contribution in [2.75, 3.05) is 30.5 Å². The van der Waals surface area contributed by atoms with E-state index >= 15 is 0 Å². The van der Waals surface area contributed by atoms with Crippen molar-refractivity contribution in [2.24, 2.45) is 5.92 Å². The Morgan fingerprint density at radius 2 is 1.83 bits per heavy atom. The Bertz CT molecular complexity index is 719. The topological polar surface area (TPSA) is 66.9 Å². The molecule has 134 valence electrons. The van der Waals surface area contributed by atoms with Crippen molar-refractivity contribution in [3.8, 4) is 0 Å². The number of rotatable bonds is 4. The molecule has 24 heavy (non-hydrogen) atoms. The zero-order valence-corrected chi connectivity index (χ0v) is 16.2. The first-order valence-corrected chi connectivity index (χ1v) is 9.77. The van der Waals surface area contributed by atoms with Gasteiger partial charge in [0.15, 0.2) is 0 Å². The number of anilines is 1. The molecule has 0 N–H and O–H groups in total. The molecule has 1 aliphatic heterocycles. The van der Waals surface area contributed by atoms with Crippen molar-refractivity contribution in [1.82, 2.24) is 4.31 Å². The number of halogens is 3. The van der Waals surface area contributed by atoms with Crippen LogP contribution >= 0.6 is 34.8 Å². The maximum Gasteiger partial charge on any atom is 0.321 e. The summed E-state index contributed by atoms with van der Waals surface area (Å²) in [6.45, 7) is 3.76. The number of ether oxygens (including phenoxy) is 1. The summed E-state index contributed by atoms with van der Waals surface area (Å²) in [6.07, 6.45) is 0. The van der Waals surface area contributed by atoms with Crippen LogP contribution in [0.5, 0.6) is 0 Å². The molecule has 0 saturated carbocycles. The van der Waals surface area contributed by atoms with E-state index in [0.717, 1.165) is 8.61 Å². The van der Waals surface area contributed by atoms with Gasteiger partial charge in [-0.3, -0.25) is 9.10 Å². The number of carbonyl (C=O) groups is 1. The third-order valence-corrected chi connectivity index (χ3v) is 6.05. The highest BCUT2D eigenvalue weighted by molar-refractivity contribution is 7.90. The van der Waals surface area contributed by atoms with Crippen molar-refractivity contribution in [1.29, 1.82) is 0 Å². The molecule has 0 aromatic heterocycles. The molecule has 6 nitrogen and oxygen atoms in total. The fourth-order valence-corrected chi connectivity index (χ4v) is 5.47. The summed E-state index contributed by atoms with van der Waals surface area (Å²) in [6, 6.07) is 2.85. The quantitative estimate of drug-likeness (QED) is 0.708. The highest BCUT2D eigenvalue weighted by Crippen LogP contribution is 2.40. The Labute approximate surface area is 156 Å². The summed E-state index contributed by atoms with van der Waals surface area (Å²) in [4.78, 5) is 11.7. The lowest BCUT2D eigenvalue weighted by Gasteiger charge is -2.39. The molecule has 1 saturated heterocycles. The zero-order valence-electron chi connectivity index (χ0n) is 13.1. The van der Waals surface area contributed by atoms with Crippen LogP contribution in [0, 0.1) is 5.92 Å². The molecular weight excluding hydrogens is 399 g/mol. The van der Waals surface area contributed by atoms with E-state index in [1.54, 1.807) is 6.92 Å². The molecule has 1 heterocycles. The number of nitrogens with zero attached hydrogens (tertiary/aromatic N) is 2. The van der Waals surface area contributed by atoms with Gasteiger partial charge in [-0.2, -0.15) is 12.7 Å². The maximum absolute atomic E-state index is 12.9. The van der Waals surface area contributed by atoms with Gasteiger partial charge in [0.25, 0.3) is 0 Å². The fourth-order valence-electron chi connectivity index (χ4n) is 2.49. The Balaban J connectivity index is 2.42. The van der Waals surface area contributed by atoms with Crippen molar-refractivity contribution in [3.63, 3.8) is 0 Å². The van der Waals surface area contributed by atoms with Crippen LogP contribution in [0.25, 0.3) is 0 Å². The number of carbonyl (C=O) groups excluding carboxylic acids is 1. The largest absolute Gasteiger partial charge is 0.465 e. The normalized spacial score (nSPS) is 20.9. The third-order valence-electron chi connectivity index (χ3n) is 3.44. The third kappa shape index (κ3) is 4.08. The monoisotopic (exact) mass is 414 g/mol. The summed E-state index contributed by atoms with van der Waals surface area (Å²) in [5, 5.41) is 0.558. The minimum atomic E-state index is -3.97. The summed E-state index contributed by atoms with van der Waals surface area (Å²) in [5.41, 5.74) is 0.156. The van der Waals surface area contributed by atoms with Crippen LogP contribution < -0.4 is 4.31 Å². The molecule has 1 fully saturated rings. The lowest BCUT2D eigenvalue weighted by molar-refractivity contribution is -0.143. The zero-order chi connectivity index (χ0) is 18.1. The number of hydrogen-bond acceptors (Lipinski definition) is 4. The lowest BCUT2D eigenvalue weighted by atomic mass is 10.1. The summed E-state index contributed by atoms with van der Waals surface area (Å²) < 4.78 is 32.8. The van der Waals surface area contributed by atoms with E-state index in [2.05, 4.69) is 0 Å². The molecule has 0 radical (unpaired) electrons. The van der Waals surface area contributed by atoms with Gasteiger partial charge in [-0.05, 0) is 25.0 Å². The van der Waals surface area contributed by atoms with E-state index in [0.29, 0.717) is 5.02 Å². The molecular formula is C14H17Cl3N2O4S. The average Bonchev–Trinajstić information content (AvgIpc) is 2.43. The highest BCUT2D eigenvalue weighted by atomic mass is 35.5. The maximum atomic E-state index is 12.9. The van der Waals surface area contributed by atoms with Gasteiger partial charge in [-0.15, -0.1) is 0 Å². The molecule has 1 aromatic rings. The van der Waals surface area contributed by atoms with Gasteiger partial charge in [0.2, 0.25) is 0 Å². The van der Waals surface area contributed by atoms with Crippen LogP contribution in [0.4, 0.5) is 5.69 Å². The number of benzene rings is 1. The van der Waals surface area contributed by atoms with Gasteiger partial charge in [-0.25, -0.2) is 0 Å². The number of esters is 1. The van der Waals surface area contributed by atoms with Crippen LogP contribution in [0.2, 0.25) is 15.1 Å². The van der Waals surface area contributed by atoms with Gasteiger partial charge < -0.3 is 4.74 Å². The summed E-state index contributed by atoms with van der Waals surface area (Å²) in [7, 11) is -3.97. The SMILES string of the molecule is CCOC(=O)CN1CC(C)CN(c2c(Cl)cc(Cl)cc2Cl)S1(=O)=O. The minimum absolute atomic E-state index is 0.0363. The van der Waals surface area contributed by atoms with E-state index in [1.807, 2.05) is 6.92 Å². The standard InChI is InChI=1S/C14H17Cl3N2O4S/c1-3-23-13(20)8-18-6-9(2)7-19(24(18,21)22)14-11(16)4-10(15)5-12(14)17/h4-5,9H,3,6-8H2,1-2H3. The van der Waals surface area contributed by atoms with E-state index in [9.17, 15) is 13.2 Å². The first-order valence-electron chi connectivity index (χ1n) is 7.24. The molecule has 10 heteroatoms. The smallest absolute Gasteiger partial charge is 0.321 e. The fraction of sp³-hybridized carbons (Fsp3) is 0.500. The van der Waals surface area contributed by atoms with E-state index in [4.69, 9.17) is 39.5 Å². The minimum Gasteiger partial charge on any atom is -0.465 e. The van der Waals surface area contributed by atoms with E-state index in [1.165, 1.54) is 12.1 Å². The van der Waals surface area contributed by atoms with E-state index < -0.39 is 16.2 Å². The first-order chi connectivity index (χ1) is 11.2. The van der Waals surface area contributed by atoms with Gasteiger partial charge >= 0.3 is 16.2 Å². The molecule has 0 spiro atoms. The highest BCUT2D eigenvalue weighted by Gasteiger charge is 2.39.